The molecule has 7 heteroatoms. The molecule has 0 aliphatic rings. The van der Waals surface area contributed by atoms with E-state index in [9.17, 15) is 4.79 Å². The Kier molecular flexibility index (Phi) is 5.96. The van der Waals surface area contributed by atoms with E-state index in [1.165, 1.54) is 4.90 Å². The molecule has 1 heterocycles. The summed E-state index contributed by atoms with van der Waals surface area (Å²) in [6.45, 7) is 3.55. The number of amides is 1. The summed E-state index contributed by atoms with van der Waals surface area (Å²) in [5.41, 5.74) is 2.01. The number of carbonyl (C=O) groups is 1. The zero-order chi connectivity index (χ0) is 16.7. The van der Waals surface area contributed by atoms with Gasteiger partial charge in [-0.25, -0.2) is 9.98 Å². The molecule has 124 valence electrons. The zero-order valence-corrected chi connectivity index (χ0v) is 13.9. The molecule has 0 unspecified atom stereocenters. The smallest absolute Gasteiger partial charge is 0.243 e. The number of aromatic amines is 1. The Morgan fingerprint density at radius 2 is 2.09 bits per heavy atom. The van der Waals surface area contributed by atoms with Gasteiger partial charge in [0.15, 0.2) is 5.96 Å². The van der Waals surface area contributed by atoms with Crippen LogP contribution in [0.1, 0.15) is 12.7 Å². The molecule has 1 aromatic carbocycles. The van der Waals surface area contributed by atoms with Gasteiger partial charge in [0.25, 0.3) is 0 Å². The van der Waals surface area contributed by atoms with Crippen molar-refractivity contribution in [2.24, 2.45) is 4.99 Å². The van der Waals surface area contributed by atoms with Crippen LogP contribution in [0.5, 0.6) is 0 Å². The molecule has 2 rings (SSSR count). The fourth-order valence-electron chi connectivity index (χ4n) is 2.05. The maximum Gasteiger partial charge on any atom is 0.243 e. The molecular weight excluding hydrogens is 292 g/mol. The topological polar surface area (TPSA) is 85.4 Å². The van der Waals surface area contributed by atoms with Gasteiger partial charge in [0.05, 0.1) is 11.0 Å². The van der Waals surface area contributed by atoms with Crippen LogP contribution in [0.2, 0.25) is 0 Å². The SMILES string of the molecule is CCNC(=NCC(=O)N(C)C)NCCc1nc2ccccc2[nH]1. The third kappa shape index (κ3) is 4.98. The average Bonchev–Trinajstić information content (AvgIpc) is 2.94. The number of aliphatic imine (C=N–C) groups is 1. The van der Waals surface area contributed by atoms with Crippen LogP contribution in [0.3, 0.4) is 0 Å². The summed E-state index contributed by atoms with van der Waals surface area (Å²) in [6.07, 6.45) is 0.751. The summed E-state index contributed by atoms with van der Waals surface area (Å²) in [7, 11) is 3.44. The van der Waals surface area contributed by atoms with Crippen molar-refractivity contribution >= 4 is 22.9 Å². The lowest BCUT2D eigenvalue weighted by molar-refractivity contribution is -0.127. The Hall–Kier alpha value is -2.57. The number of hydrogen-bond donors (Lipinski definition) is 3. The molecule has 0 aliphatic carbocycles. The number of H-pyrrole nitrogens is 1. The van der Waals surface area contributed by atoms with E-state index < -0.39 is 0 Å². The number of nitrogens with one attached hydrogen (secondary N) is 3. The second-order valence-corrected chi connectivity index (χ2v) is 5.36. The van der Waals surface area contributed by atoms with Crippen LogP contribution in [-0.4, -0.2) is 60.5 Å². The van der Waals surface area contributed by atoms with E-state index in [1.807, 2.05) is 31.2 Å². The van der Waals surface area contributed by atoms with Gasteiger partial charge < -0.3 is 20.5 Å². The van der Waals surface area contributed by atoms with Gasteiger partial charge in [0.2, 0.25) is 5.91 Å². The highest BCUT2D eigenvalue weighted by atomic mass is 16.2. The minimum absolute atomic E-state index is 0.0283. The fraction of sp³-hybridized carbons (Fsp3) is 0.438. The minimum Gasteiger partial charge on any atom is -0.357 e. The predicted molar refractivity (Wildman–Crippen MR) is 92.5 cm³/mol. The lowest BCUT2D eigenvalue weighted by Gasteiger charge is -2.12. The molecule has 1 aromatic heterocycles. The van der Waals surface area contributed by atoms with E-state index in [-0.39, 0.29) is 12.5 Å². The Morgan fingerprint density at radius 3 is 2.78 bits per heavy atom. The molecule has 0 spiro atoms. The largest absolute Gasteiger partial charge is 0.357 e. The van der Waals surface area contributed by atoms with E-state index in [0.29, 0.717) is 12.5 Å². The van der Waals surface area contributed by atoms with Crippen LogP contribution >= 0.6 is 0 Å². The maximum absolute atomic E-state index is 11.6. The maximum atomic E-state index is 11.6. The second-order valence-electron chi connectivity index (χ2n) is 5.36. The summed E-state index contributed by atoms with van der Waals surface area (Å²) in [5, 5.41) is 6.34. The third-order valence-corrected chi connectivity index (χ3v) is 3.31. The normalized spacial score (nSPS) is 11.5. The van der Waals surface area contributed by atoms with Gasteiger partial charge in [-0.3, -0.25) is 4.79 Å². The van der Waals surface area contributed by atoms with Crippen molar-refractivity contribution in [3.63, 3.8) is 0 Å². The van der Waals surface area contributed by atoms with Gasteiger partial charge in [0.1, 0.15) is 12.4 Å². The second kappa shape index (κ2) is 8.17. The van der Waals surface area contributed by atoms with Gasteiger partial charge in [-0.1, -0.05) is 12.1 Å². The Labute approximate surface area is 136 Å². The molecule has 0 fully saturated rings. The standard InChI is InChI=1S/C16H24N6O/c1-4-17-16(19-11-15(23)22(2)3)18-10-9-14-20-12-7-5-6-8-13(12)21-14/h5-8H,4,9-11H2,1-3H3,(H,20,21)(H2,17,18,19). The van der Waals surface area contributed by atoms with E-state index >= 15 is 0 Å². The molecule has 0 saturated heterocycles. The number of para-hydroxylation sites is 2. The number of benzene rings is 1. The Bertz CT molecular complexity index is 643. The first-order chi connectivity index (χ1) is 11.1. The molecular formula is C16H24N6O. The number of aromatic nitrogens is 2. The average molecular weight is 316 g/mol. The quantitative estimate of drug-likeness (QED) is 0.542. The van der Waals surface area contributed by atoms with E-state index in [2.05, 4.69) is 25.6 Å². The number of nitrogens with zero attached hydrogens (tertiary/aromatic N) is 3. The summed E-state index contributed by atoms with van der Waals surface area (Å²) in [4.78, 5) is 25.2. The van der Waals surface area contributed by atoms with Gasteiger partial charge in [-0.2, -0.15) is 0 Å². The van der Waals surface area contributed by atoms with Crippen LogP contribution in [0, 0.1) is 0 Å². The molecule has 1 amide bonds. The number of carbonyl (C=O) groups excluding carboxylic acids is 1. The van der Waals surface area contributed by atoms with Gasteiger partial charge in [-0.15, -0.1) is 0 Å². The number of fused-ring (bicyclic) bond motifs is 1. The molecule has 0 radical (unpaired) electrons. The molecule has 0 saturated carbocycles. The molecule has 0 aliphatic heterocycles. The molecule has 2 aromatic rings. The van der Waals surface area contributed by atoms with Crippen LogP contribution in [0.4, 0.5) is 0 Å². The number of hydrogen-bond acceptors (Lipinski definition) is 3. The summed E-state index contributed by atoms with van der Waals surface area (Å²) in [6, 6.07) is 7.96. The highest BCUT2D eigenvalue weighted by molar-refractivity contribution is 5.84. The lowest BCUT2D eigenvalue weighted by Crippen LogP contribution is -2.39. The van der Waals surface area contributed by atoms with Crippen molar-refractivity contribution in [1.29, 1.82) is 0 Å². The van der Waals surface area contributed by atoms with Crippen molar-refractivity contribution in [3.05, 3.63) is 30.1 Å². The monoisotopic (exact) mass is 316 g/mol. The van der Waals surface area contributed by atoms with Crippen molar-refractivity contribution < 1.29 is 4.79 Å². The van der Waals surface area contributed by atoms with Crippen LogP contribution in [0.15, 0.2) is 29.3 Å². The van der Waals surface area contributed by atoms with E-state index in [4.69, 9.17) is 0 Å². The number of guanidine groups is 1. The first-order valence-corrected chi connectivity index (χ1v) is 7.76. The summed E-state index contributed by atoms with van der Waals surface area (Å²) >= 11 is 0. The molecule has 0 bridgehead atoms. The van der Waals surface area contributed by atoms with E-state index in [0.717, 1.165) is 29.8 Å². The van der Waals surface area contributed by atoms with E-state index in [1.54, 1.807) is 14.1 Å². The van der Waals surface area contributed by atoms with Gasteiger partial charge in [-0.05, 0) is 19.1 Å². The van der Waals surface area contributed by atoms with Crippen LogP contribution in [0.25, 0.3) is 11.0 Å². The van der Waals surface area contributed by atoms with Crippen LogP contribution < -0.4 is 10.6 Å². The first kappa shape index (κ1) is 16.8. The van der Waals surface area contributed by atoms with Crippen molar-refractivity contribution in [2.45, 2.75) is 13.3 Å². The lowest BCUT2D eigenvalue weighted by atomic mass is 10.3. The number of imidazole rings is 1. The highest BCUT2D eigenvalue weighted by Crippen LogP contribution is 2.10. The molecule has 0 atom stereocenters. The highest BCUT2D eigenvalue weighted by Gasteiger charge is 2.05. The number of likely N-dealkylation sites (N-methyl/N-ethyl adjacent to an activating group) is 1. The minimum atomic E-state index is -0.0283. The molecule has 3 N–H and O–H groups in total. The predicted octanol–water partition coefficient (Wildman–Crippen LogP) is 0.749. The summed E-state index contributed by atoms with van der Waals surface area (Å²) in [5.74, 6) is 1.54. The van der Waals surface area contributed by atoms with Gasteiger partial charge in [0, 0.05) is 33.6 Å². The Morgan fingerprint density at radius 1 is 1.30 bits per heavy atom. The fourth-order valence-corrected chi connectivity index (χ4v) is 2.05. The molecule has 7 nitrogen and oxygen atoms in total. The first-order valence-electron chi connectivity index (χ1n) is 7.76. The van der Waals surface area contributed by atoms with Gasteiger partial charge >= 0.3 is 0 Å². The van der Waals surface area contributed by atoms with Crippen molar-refractivity contribution in [2.75, 3.05) is 33.7 Å². The zero-order valence-electron chi connectivity index (χ0n) is 13.9. The summed E-state index contributed by atoms with van der Waals surface area (Å²) < 4.78 is 0. The third-order valence-electron chi connectivity index (χ3n) is 3.31. The van der Waals surface area contributed by atoms with Crippen molar-refractivity contribution in [3.8, 4) is 0 Å². The molecule has 23 heavy (non-hydrogen) atoms. The van der Waals surface area contributed by atoms with Crippen LogP contribution in [-0.2, 0) is 11.2 Å². The van der Waals surface area contributed by atoms with Crippen molar-refractivity contribution in [1.82, 2.24) is 25.5 Å². The number of rotatable bonds is 6. The Balaban J connectivity index is 1.88.